The van der Waals surface area contributed by atoms with Gasteiger partial charge < -0.3 is 9.47 Å². The van der Waals surface area contributed by atoms with Gasteiger partial charge >= 0.3 is 0 Å². The van der Waals surface area contributed by atoms with Crippen LogP contribution in [0.5, 0.6) is 5.75 Å². The molecule has 4 rings (SSSR count). The second kappa shape index (κ2) is 11.3. The van der Waals surface area contributed by atoms with Crippen molar-refractivity contribution in [2.24, 2.45) is 0 Å². The zero-order valence-corrected chi connectivity index (χ0v) is 19.7. The SMILES string of the molecule is C=CCCC1CC[C@@H](c2ccc(C3CCC(c4ccc(OCC)c(F)c4F)CC3)cc2)CO1. The molecule has 2 aromatic rings. The van der Waals surface area contributed by atoms with Crippen LogP contribution in [0.1, 0.15) is 92.7 Å². The van der Waals surface area contributed by atoms with Gasteiger partial charge in [0.2, 0.25) is 5.82 Å². The van der Waals surface area contributed by atoms with Crippen molar-refractivity contribution in [3.63, 3.8) is 0 Å². The largest absolute Gasteiger partial charge is 0.491 e. The molecular weight excluding hydrogens is 418 g/mol. The lowest BCUT2D eigenvalue weighted by molar-refractivity contribution is -0.000177. The first-order valence-electron chi connectivity index (χ1n) is 12.5. The van der Waals surface area contributed by atoms with Crippen molar-refractivity contribution in [3.8, 4) is 5.75 Å². The summed E-state index contributed by atoms with van der Waals surface area (Å²) in [6.45, 7) is 6.69. The van der Waals surface area contributed by atoms with E-state index >= 15 is 0 Å². The molecule has 2 nitrogen and oxygen atoms in total. The molecule has 0 aromatic heterocycles. The molecule has 1 unspecified atom stereocenters. The van der Waals surface area contributed by atoms with Crippen molar-refractivity contribution in [1.82, 2.24) is 0 Å². The molecular formula is C29H36F2O2. The van der Waals surface area contributed by atoms with Crippen molar-refractivity contribution >= 4 is 0 Å². The summed E-state index contributed by atoms with van der Waals surface area (Å²) in [4.78, 5) is 0. The third-order valence-electron chi connectivity index (χ3n) is 7.49. The zero-order chi connectivity index (χ0) is 23.2. The Morgan fingerprint density at radius 3 is 2.12 bits per heavy atom. The van der Waals surface area contributed by atoms with E-state index in [0.29, 0.717) is 30.1 Å². The van der Waals surface area contributed by atoms with E-state index in [1.165, 1.54) is 17.5 Å². The van der Waals surface area contributed by atoms with Crippen LogP contribution in [0.25, 0.3) is 0 Å². The third kappa shape index (κ3) is 5.66. The Morgan fingerprint density at radius 1 is 0.879 bits per heavy atom. The van der Waals surface area contributed by atoms with Crippen LogP contribution < -0.4 is 4.74 Å². The summed E-state index contributed by atoms with van der Waals surface area (Å²) in [6.07, 6.45) is 10.5. The fourth-order valence-corrected chi connectivity index (χ4v) is 5.51. The Kier molecular flexibility index (Phi) is 8.19. The molecule has 2 fully saturated rings. The number of benzene rings is 2. The first-order valence-corrected chi connectivity index (χ1v) is 12.5. The maximum absolute atomic E-state index is 14.6. The average molecular weight is 455 g/mol. The summed E-state index contributed by atoms with van der Waals surface area (Å²) >= 11 is 0. The topological polar surface area (TPSA) is 18.5 Å². The smallest absolute Gasteiger partial charge is 0.200 e. The molecule has 0 N–H and O–H groups in total. The molecule has 1 aliphatic heterocycles. The summed E-state index contributed by atoms with van der Waals surface area (Å²) in [7, 11) is 0. The van der Waals surface area contributed by atoms with Gasteiger partial charge in [0.25, 0.3) is 0 Å². The van der Waals surface area contributed by atoms with Crippen LogP contribution in [0.3, 0.4) is 0 Å². The third-order valence-corrected chi connectivity index (χ3v) is 7.49. The molecule has 0 radical (unpaired) electrons. The van der Waals surface area contributed by atoms with Gasteiger partial charge in [-0.3, -0.25) is 0 Å². The van der Waals surface area contributed by atoms with Crippen LogP contribution in [0, 0.1) is 11.6 Å². The minimum absolute atomic E-state index is 0.00294. The standard InChI is InChI=1S/C29H36F2O2/c1-3-5-6-25-16-15-24(19-33-25)22-9-7-20(8-10-22)21-11-13-23(14-12-21)26-17-18-27(32-4-2)29(31)28(26)30/h3,7-10,17-18,21,23-25H,1,4-6,11-16,19H2,2H3/t21?,23?,24-,25?/m1/s1. The van der Waals surface area contributed by atoms with Crippen LogP contribution in [-0.4, -0.2) is 19.3 Å². The van der Waals surface area contributed by atoms with E-state index in [1.807, 2.05) is 6.08 Å². The second-order valence-electron chi connectivity index (χ2n) is 9.52. The van der Waals surface area contributed by atoms with Crippen LogP contribution >= 0.6 is 0 Å². The highest BCUT2D eigenvalue weighted by molar-refractivity contribution is 5.34. The van der Waals surface area contributed by atoms with Gasteiger partial charge in [-0.2, -0.15) is 4.39 Å². The quantitative estimate of drug-likeness (QED) is 0.376. The van der Waals surface area contributed by atoms with Crippen LogP contribution in [0.2, 0.25) is 0 Å². The van der Waals surface area contributed by atoms with Gasteiger partial charge in [0.05, 0.1) is 19.3 Å². The normalized spacial score (nSPS) is 25.5. The number of rotatable bonds is 8. The minimum atomic E-state index is -0.856. The maximum Gasteiger partial charge on any atom is 0.200 e. The van der Waals surface area contributed by atoms with E-state index in [9.17, 15) is 8.78 Å². The Balaban J connectivity index is 1.32. The molecule has 2 atom stereocenters. The van der Waals surface area contributed by atoms with Crippen molar-refractivity contribution < 1.29 is 18.3 Å². The summed E-state index contributed by atoms with van der Waals surface area (Å²) in [5, 5.41) is 0. The second-order valence-corrected chi connectivity index (χ2v) is 9.52. The molecule has 2 aromatic carbocycles. The summed E-state index contributed by atoms with van der Waals surface area (Å²) in [6, 6.07) is 12.3. The van der Waals surface area contributed by atoms with Gasteiger partial charge in [0, 0.05) is 5.92 Å². The molecule has 0 bridgehead atoms. The molecule has 1 saturated carbocycles. The Morgan fingerprint density at radius 2 is 1.52 bits per heavy atom. The number of hydrogen-bond acceptors (Lipinski definition) is 2. The minimum Gasteiger partial charge on any atom is -0.491 e. The van der Waals surface area contributed by atoms with E-state index in [0.717, 1.165) is 51.6 Å². The van der Waals surface area contributed by atoms with Crippen LogP contribution in [-0.2, 0) is 4.74 Å². The summed E-state index contributed by atoms with van der Waals surface area (Å²) < 4.78 is 40.2. The van der Waals surface area contributed by atoms with Gasteiger partial charge in [-0.1, -0.05) is 36.4 Å². The lowest BCUT2D eigenvalue weighted by Gasteiger charge is -2.31. The Labute approximate surface area is 197 Å². The lowest BCUT2D eigenvalue weighted by atomic mass is 9.75. The van der Waals surface area contributed by atoms with Crippen molar-refractivity contribution in [1.29, 1.82) is 0 Å². The molecule has 1 saturated heterocycles. The van der Waals surface area contributed by atoms with Gasteiger partial charge in [-0.15, -0.1) is 6.58 Å². The van der Waals surface area contributed by atoms with Gasteiger partial charge in [-0.25, -0.2) is 4.39 Å². The highest BCUT2D eigenvalue weighted by Gasteiger charge is 2.28. The van der Waals surface area contributed by atoms with E-state index in [-0.39, 0.29) is 11.7 Å². The fraction of sp³-hybridized carbons (Fsp3) is 0.517. The Bertz CT molecular complexity index is 908. The maximum atomic E-state index is 14.6. The molecule has 33 heavy (non-hydrogen) atoms. The predicted molar refractivity (Wildman–Crippen MR) is 129 cm³/mol. The molecule has 1 aliphatic carbocycles. The first kappa shape index (κ1) is 23.9. The zero-order valence-electron chi connectivity index (χ0n) is 19.7. The van der Waals surface area contributed by atoms with Crippen molar-refractivity contribution in [2.75, 3.05) is 13.2 Å². The number of allylic oxidation sites excluding steroid dienone is 1. The van der Waals surface area contributed by atoms with E-state index in [2.05, 4.69) is 30.8 Å². The molecule has 2 aliphatic rings. The van der Waals surface area contributed by atoms with Crippen LogP contribution in [0.15, 0.2) is 49.1 Å². The molecule has 4 heteroatoms. The van der Waals surface area contributed by atoms with E-state index in [1.54, 1.807) is 19.1 Å². The summed E-state index contributed by atoms with van der Waals surface area (Å²) in [5.41, 5.74) is 3.21. The Hall–Kier alpha value is -2.20. The lowest BCUT2D eigenvalue weighted by Crippen LogP contribution is -2.24. The highest BCUT2D eigenvalue weighted by atomic mass is 19.2. The van der Waals surface area contributed by atoms with Gasteiger partial charge in [0.1, 0.15) is 0 Å². The number of hydrogen-bond donors (Lipinski definition) is 0. The molecule has 0 spiro atoms. The van der Waals surface area contributed by atoms with Crippen molar-refractivity contribution in [3.05, 3.63) is 77.4 Å². The summed E-state index contributed by atoms with van der Waals surface area (Å²) in [5.74, 6) is -0.563. The molecule has 178 valence electrons. The average Bonchev–Trinajstić information content (AvgIpc) is 2.86. The predicted octanol–water partition coefficient (Wildman–Crippen LogP) is 8.03. The van der Waals surface area contributed by atoms with Gasteiger partial charge in [0.15, 0.2) is 11.6 Å². The van der Waals surface area contributed by atoms with E-state index < -0.39 is 11.6 Å². The number of halogens is 2. The highest BCUT2D eigenvalue weighted by Crippen LogP contribution is 2.42. The van der Waals surface area contributed by atoms with Crippen molar-refractivity contribution in [2.45, 2.75) is 82.1 Å². The number of ether oxygens (including phenoxy) is 2. The molecule has 1 heterocycles. The first-order chi connectivity index (χ1) is 16.1. The van der Waals surface area contributed by atoms with Gasteiger partial charge in [-0.05, 0) is 92.9 Å². The van der Waals surface area contributed by atoms with E-state index in [4.69, 9.17) is 9.47 Å². The molecule has 0 amide bonds. The monoisotopic (exact) mass is 454 g/mol. The fourth-order valence-electron chi connectivity index (χ4n) is 5.51. The van der Waals surface area contributed by atoms with Crippen LogP contribution in [0.4, 0.5) is 8.78 Å².